The van der Waals surface area contributed by atoms with E-state index in [9.17, 15) is 0 Å². The number of rotatable bonds is 3. The highest BCUT2D eigenvalue weighted by Gasteiger charge is 2.16. The maximum atomic E-state index is 5.43. The number of morpholine rings is 1. The normalized spacial score (nSPS) is 19.1. The van der Waals surface area contributed by atoms with Crippen molar-refractivity contribution in [2.45, 2.75) is 0 Å². The average Bonchev–Trinajstić information content (AvgIpc) is 3.13. The van der Waals surface area contributed by atoms with Crippen LogP contribution in [0.2, 0.25) is 0 Å². The van der Waals surface area contributed by atoms with Crippen LogP contribution in [0.4, 0.5) is 11.4 Å². The second-order valence-electron chi connectivity index (χ2n) is 6.12. The van der Waals surface area contributed by atoms with Gasteiger partial charge in [0.25, 0.3) is 0 Å². The molecule has 2 aliphatic heterocycles. The molecule has 4 rings (SSSR count). The number of aromatic amines is 1. The van der Waals surface area contributed by atoms with Crippen molar-refractivity contribution in [3.8, 4) is 11.3 Å². The fraction of sp³-hybridized carbons (Fsp3) is 0.444. The molecule has 5 heteroatoms. The van der Waals surface area contributed by atoms with Crippen molar-refractivity contribution in [1.29, 1.82) is 0 Å². The zero-order chi connectivity index (χ0) is 15.5. The molecule has 2 N–H and O–H groups in total. The number of hydrogen-bond acceptors (Lipinski definition) is 4. The molecule has 0 bridgehead atoms. The first-order valence-corrected chi connectivity index (χ1v) is 8.48. The van der Waals surface area contributed by atoms with E-state index in [-0.39, 0.29) is 0 Å². The molecule has 2 aliphatic rings. The quantitative estimate of drug-likeness (QED) is 0.909. The lowest BCUT2D eigenvalue weighted by atomic mass is 10.1. The van der Waals surface area contributed by atoms with Crippen molar-refractivity contribution in [1.82, 2.24) is 10.3 Å². The summed E-state index contributed by atoms with van der Waals surface area (Å²) < 4.78 is 5.43. The van der Waals surface area contributed by atoms with E-state index in [1.807, 2.05) is 6.20 Å². The third-order valence-electron chi connectivity index (χ3n) is 4.71. The van der Waals surface area contributed by atoms with Gasteiger partial charge in [-0.15, -0.1) is 0 Å². The summed E-state index contributed by atoms with van der Waals surface area (Å²) in [5.74, 6) is 0. The van der Waals surface area contributed by atoms with E-state index >= 15 is 0 Å². The van der Waals surface area contributed by atoms with Crippen molar-refractivity contribution >= 4 is 11.4 Å². The lowest BCUT2D eigenvalue weighted by Crippen LogP contribution is -2.43. The number of benzene rings is 1. The van der Waals surface area contributed by atoms with E-state index in [1.54, 1.807) is 0 Å². The molecule has 1 aromatic heterocycles. The molecular weight excluding hydrogens is 288 g/mol. The van der Waals surface area contributed by atoms with Crippen LogP contribution in [-0.4, -0.2) is 57.5 Å². The zero-order valence-corrected chi connectivity index (χ0v) is 13.4. The second kappa shape index (κ2) is 6.64. The number of ether oxygens (including phenoxy) is 1. The van der Waals surface area contributed by atoms with Crippen molar-refractivity contribution < 1.29 is 4.74 Å². The maximum Gasteiger partial charge on any atom is 0.0691 e. The van der Waals surface area contributed by atoms with Gasteiger partial charge < -0.3 is 24.8 Å². The summed E-state index contributed by atoms with van der Waals surface area (Å²) in [6.07, 6.45) is 2.04. The Bertz CT molecular complexity index is 625. The average molecular weight is 312 g/mol. The van der Waals surface area contributed by atoms with Crippen molar-refractivity contribution in [3.05, 3.63) is 36.5 Å². The van der Waals surface area contributed by atoms with Crippen LogP contribution in [0.25, 0.3) is 11.3 Å². The van der Waals surface area contributed by atoms with Crippen LogP contribution < -0.4 is 15.1 Å². The SMILES string of the molecule is c1cc(N2CCNCC2)c(-c2ccc(N3CCOCC3)cc2)[nH]1. The predicted molar refractivity (Wildman–Crippen MR) is 94.3 cm³/mol. The Kier molecular flexibility index (Phi) is 4.22. The molecule has 1 aromatic carbocycles. The van der Waals surface area contributed by atoms with E-state index in [0.717, 1.165) is 52.5 Å². The Morgan fingerprint density at radius 3 is 2.30 bits per heavy atom. The van der Waals surface area contributed by atoms with Gasteiger partial charge in [0.15, 0.2) is 0 Å². The van der Waals surface area contributed by atoms with Gasteiger partial charge in [0.05, 0.1) is 24.6 Å². The molecule has 3 heterocycles. The molecule has 122 valence electrons. The fourth-order valence-electron chi connectivity index (χ4n) is 3.42. The van der Waals surface area contributed by atoms with Gasteiger partial charge in [0.1, 0.15) is 0 Å². The van der Waals surface area contributed by atoms with Gasteiger partial charge in [-0.05, 0) is 18.2 Å². The summed E-state index contributed by atoms with van der Waals surface area (Å²) in [6.45, 7) is 7.85. The minimum absolute atomic E-state index is 0.825. The lowest BCUT2D eigenvalue weighted by molar-refractivity contribution is 0.122. The minimum Gasteiger partial charge on any atom is -0.378 e. The van der Waals surface area contributed by atoms with Gasteiger partial charge in [-0.3, -0.25) is 0 Å². The Hall–Kier alpha value is -1.98. The van der Waals surface area contributed by atoms with E-state index < -0.39 is 0 Å². The third kappa shape index (κ3) is 3.07. The van der Waals surface area contributed by atoms with Crippen molar-refractivity contribution in [3.63, 3.8) is 0 Å². The van der Waals surface area contributed by atoms with Crippen LogP contribution >= 0.6 is 0 Å². The lowest BCUT2D eigenvalue weighted by Gasteiger charge is -2.30. The highest BCUT2D eigenvalue weighted by atomic mass is 16.5. The molecular formula is C18H24N4O. The van der Waals surface area contributed by atoms with Crippen LogP contribution in [0, 0.1) is 0 Å². The largest absolute Gasteiger partial charge is 0.378 e. The zero-order valence-electron chi connectivity index (χ0n) is 13.4. The Morgan fingerprint density at radius 2 is 1.57 bits per heavy atom. The van der Waals surface area contributed by atoms with E-state index in [1.165, 1.54) is 22.6 Å². The smallest absolute Gasteiger partial charge is 0.0691 e. The molecule has 2 fully saturated rings. The molecule has 0 aliphatic carbocycles. The number of piperazine rings is 1. The predicted octanol–water partition coefficient (Wildman–Crippen LogP) is 1.93. The first kappa shape index (κ1) is 14.6. The van der Waals surface area contributed by atoms with Gasteiger partial charge in [0, 0.05) is 56.7 Å². The summed E-state index contributed by atoms with van der Waals surface area (Å²) in [4.78, 5) is 8.27. The second-order valence-corrected chi connectivity index (χ2v) is 6.12. The topological polar surface area (TPSA) is 43.5 Å². The molecule has 23 heavy (non-hydrogen) atoms. The number of nitrogens with zero attached hydrogens (tertiary/aromatic N) is 2. The van der Waals surface area contributed by atoms with Gasteiger partial charge in [-0.2, -0.15) is 0 Å². The van der Waals surface area contributed by atoms with Crippen LogP contribution in [0.1, 0.15) is 0 Å². The van der Waals surface area contributed by atoms with Crippen molar-refractivity contribution in [2.24, 2.45) is 0 Å². The molecule has 0 spiro atoms. The minimum atomic E-state index is 0.825. The van der Waals surface area contributed by atoms with Crippen LogP contribution in [0.3, 0.4) is 0 Å². The summed E-state index contributed by atoms with van der Waals surface area (Å²) >= 11 is 0. The summed E-state index contributed by atoms with van der Waals surface area (Å²) in [6, 6.07) is 11.1. The van der Waals surface area contributed by atoms with Gasteiger partial charge in [0.2, 0.25) is 0 Å². The van der Waals surface area contributed by atoms with E-state index in [2.05, 4.69) is 50.4 Å². The first-order valence-electron chi connectivity index (χ1n) is 8.48. The summed E-state index contributed by atoms with van der Waals surface area (Å²) in [5.41, 5.74) is 5.07. The van der Waals surface area contributed by atoms with Gasteiger partial charge >= 0.3 is 0 Å². The number of H-pyrrole nitrogens is 1. The third-order valence-corrected chi connectivity index (χ3v) is 4.71. The highest BCUT2D eigenvalue weighted by molar-refractivity contribution is 5.77. The first-order chi connectivity index (χ1) is 11.4. The van der Waals surface area contributed by atoms with Crippen LogP contribution in [0.5, 0.6) is 0 Å². The number of nitrogens with one attached hydrogen (secondary N) is 2. The molecule has 2 saturated heterocycles. The summed E-state index contributed by atoms with van der Waals surface area (Å²) in [7, 11) is 0. The van der Waals surface area contributed by atoms with Gasteiger partial charge in [-0.25, -0.2) is 0 Å². The summed E-state index contributed by atoms with van der Waals surface area (Å²) in [5, 5.41) is 3.41. The van der Waals surface area contributed by atoms with E-state index in [4.69, 9.17) is 4.74 Å². The molecule has 0 atom stereocenters. The van der Waals surface area contributed by atoms with Crippen molar-refractivity contribution in [2.75, 3.05) is 62.3 Å². The van der Waals surface area contributed by atoms with E-state index in [0.29, 0.717) is 0 Å². The standard InChI is InChI=1S/C18H24N4O/c1-3-16(21-11-13-23-14-12-21)4-2-15(1)18-17(5-6-20-18)22-9-7-19-8-10-22/h1-6,19-20H,7-14H2. The van der Waals surface area contributed by atoms with Gasteiger partial charge in [-0.1, -0.05) is 12.1 Å². The van der Waals surface area contributed by atoms with Crippen LogP contribution in [-0.2, 0) is 4.74 Å². The fourth-order valence-corrected chi connectivity index (χ4v) is 3.42. The molecule has 0 unspecified atom stereocenters. The molecule has 0 saturated carbocycles. The molecule has 0 amide bonds. The van der Waals surface area contributed by atoms with Crippen LogP contribution in [0.15, 0.2) is 36.5 Å². The Morgan fingerprint density at radius 1 is 0.826 bits per heavy atom. The molecule has 0 radical (unpaired) electrons. The maximum absolute atomic E-state index is 5.43. The number of hydrogen-bond donors (Lipinski definition) is 2. The molecule has 2 aromatic rings. The number of aromatic nitrogens is 1. The Labute approximate surface area is 137 Å². The molecule has 5 nitrogen and oxygen atoms in total. The number of anilines is 2. The Balaban J connectivity index is 1.55. The highest BCUT2D eigenvalue weighted by Crippen LogP contribution is 2.31. The monoisotopic (exact) mass is 312 g/mol.